The maximum atomic E-state index is 12.5. The highest BCUT2D eigenvalue weighted by molar-refractivity contribution is 5.92. The molecule has 0 fully saturated rings. The van der Waals surface area contributed by atoms with Crippen LogP contribution in [0, 0.1) is 0 Å². The number of aryl methyl sites for hydroxylation is 1. The second-order valence-corrected chi connectivity index (χ2v) is 6.41. The van der Waals surface area contributed by atoms with E-state index in [4.69, 9.17) is 14.2 Å². The summed E-state index contributed by atoms with van der Waals surface area (Å²) in [6.45, 7) is 0. The molecule has 0 saturated carbocycles. The largest absolute Gasteiger partial charge is 0.493 e. The molecule has 1 amide bonds. The van der Waals surface area contributed by atoms with Crippen molar-refractivity contribution in [3.8, 4) is 17.2 Å². The van der Waals surface area contributed by atoms with Crippen LogP contribution in [0.15, 0.2) is 42.5 Å². The number of hydrogen-bond acceptors (Lipinski definition) is 4. The summed E-state index contributed by atoms with van der Waals surface area (Å²) in [5, 5.41) is 3.11. The van der Waals surface area contributed by atoms with Gasteiger partial charge in [0.15, 0.2) is 11.5 Å². The van der Waals surface area contributed by atoms with E-state index in [0.29, 0.717) is 17.2 Å². The molecule has 0 saturated heterocycles. The molecule has 1 N–H and O–H groups in total. The van der Waals surface area contributed by atoms with Gasteiger partial charge in [-0.3, -0.25) is 4.79 Å². The Hall–Kier alpha value is -2.95. The van der Waals surface area contributed by atoms with Crippen LogP contribution in [0.25, 0.3) is 6.08 Å². The van der Waals surface area contributed by atoms with Crippen molar-refractivity contribution in [3.05, 3.63) is 59.2 Å². The Morgan fingerprint density at radius 2 is 1.81 bits per heavy atom. The Morgan fingerprint density at radius 1 is 1.04 bits per heavy atom. The molecule has 2 aromatic carbocycles. The lowest BCUT2D eigenvalue weighted by Gasteiger charge is -2.25. The quantitative estimate of drug-likeness (QED) is 0.786. The third-order valence-corrected chi connectivity index (χ3v) is 4.83. The molecule has 3 rings (SSSR count). The Bertz CT molecular complexity index is 844. The second kappa shape index (κ2) is 8.62. The lowest BCUT2D eigenvalue weighted by molar-refractivity contribution is -0.117. The Balaban J connectivity index is 1.76. The molecular weight excluding hydrogens is 342 g/mol. The number of amides is 1. The van der Waals surface area contributed by atoms with Crippen molar-refractivity contribution >= 4 is 12.0 Å². The van der Waals surface area contributed by atoms with Crippen LogP contribution >= 0.6 is 0 Å². The average Bonchev–Trinajstić information content (AvgIpc) is 2.71. The summed E-state index contributed by atoms with van der Waals surface area (Å²) in [5.74, 6) is 1.48. The van der Waals surface area contributed by atoms with Crippen molar-refractivity contribution < 1.29 is 19.0 Å². The fraction of sp³-hybridized carbons (Fsp3) is 0.318. The zero-order chi connectivity index (χ0) is 19.2. The van der Waals surface area contributed by atoms with Crippen LogP contribution in [0.1, 0.15) is 35.6 Å². The number of rotatable bonds is 6. The van der Waals surface area contributed by atoms with Gasteiger partial charge in [-0.25, -0.2) is 0 Å². The van der Waals surface area contributed by atoms with E-state index in [0.717, 1.165) is 24.8 Å². The number of methoxy groups -OCH3 is 3. The first-order valence-electron chi connectivity index (χ1n) is 9.03. The third kappa shape index (κ3) is 4.08. The van der Waals surface area contributed by atoms with Crippen molar-refractivity contribution in [2.45, 2.75) is 25.3 Å². The summed E-state index contributed by atoms with van der Waals surface area (Å²) in [4.78, 5) is 12.5. The first-order chi connectivity index (χ1) is 13.2. The molecule has 5 nitrogen and oxygen atoms in total. The van der Waals surface area contributed by atoms with E-state index in [1.54, 1.807) is 33.5 Å². The Morgan fingerprint density at radius 3 is 2.56 bits per heavy atom. The average molecular weight is 367 g/mol. The predicted octanol–water partition coefficient (Wildman–Crippen LogP) is 3.92. The van der Waals surface area contributed by atoms with E-state index in [1.165, 1.54) is 17.2 Å². The van der Waals surface area contributed by atoms with Crippen LogP contribution in [0.2, 0.25) is 0 Å². The summed E-state index contributed by atoms with van der Waals surface area (Å²) in [6.07, 6.45) is 6.36. The van der Waals surface area contributed by atoms with Gasteiger partial charge in [-0.1, -0.05) is 24.3 Å². The van der Waals surface area contributed by atoms with E-state index >= 15 is 0 Å². The van der Waals surface area contributed by atoms with Gasteiger partial charge in [0.2, 0.25) is 11.7 Å². The summed E-state index contributed by atoms with van der Waals surface area (Å²) in [7, 11) is 4.69. The number of fused-ring (bicyclic) bond motifs is 1. The van der Waals surface area contributed by atoms with Gasteiger partial charge in [-0.05, 0) is 48.6 Å². The molecule has 0 radical (unpaired) electrons. The summed E-state index contributed by atoms with van der Waals surface area (Å²) in [5.41, 5.74) is 3.28. The fourth-order valence-corrected chi connectivity index (χ4v) is 3.54. The number of carbonyl (C=O) groups excluding carboxylic acids is 1. The van der Waals surface area contributed by atoms with Crippen LogP contribution < -0.4 is 19.5 Å². The number of ether oxygens (including phenoxy) is 3. The van der Waals surface area contributed by atoms with E-state index in [-0.39, 0.29) is 11.9 Å². The smallest absolute Gasteiger partial charge is 0.244 e. The van der Waals surface area contributed by atoms with Gasteiger partial charge < -0.3 is 19.5 Å². The number of carbonyl (C=O) groups is 1. The summed E-state index contributed by atoms with van der Waals surface area (Å²) < 4.78 is 16.1. The van der Waals surface area contributed by atoms with Gasteiger partial charge in [-0.15, -0.1) is 0 Å². The fourth-order valence-electron chi connectivity index (χ4n) is 3.54. The Labute approximate surface area is 159 Å². The minimum absolute atomic E-state index is 0.0550. The minimum Gasteiger partial charge on any atom is -0.493 e. The van der Waals surface area contributed by atoms with Gasteiger partial charge in [0, 0.05) is 11.6 Å². The Kier molecular flexibility index (Phi) is 6.01. The molecule has 0 aromatic heterocycles. The number of nitrogens with one attached hydrogen (secondary N) is 1. The molecule has 1 aliphatic rings. The maximum absolute atomic E-state index is 12.5. The lowest BCUT2D eigenvalue weighted by atomic mass is 9.88. The molecule has 1 aliphatic carbocycles. The number of hydrogen-bond donors (Lipinski definition) is 1. The van der Waals surface area contributed by atoms with Gasteiger partial charge in [0.1, 0.15) is 0 Å². The van der Waals surface area contributed by atoms with Crippen molar-refractivity contribution in [1.29, 1.82) is 0 Å². The minimum atomic E-state index is -0.131. The van der Waals surface area contributed by atoms with Gasteiger partial charge in [-0.2, -0.15) is 0 Å². The summed E-state index contributed by atoms with van der Waals surface area (Å²) in [6, 6.07) is 12.0. The van der Waals surface area contributed by atoms with E-state index in [1.807, 2.05) is 18.2 Å². The van der Waals surface area contributed by atoms with Crippen LogP contribution in [-0.2, 0) is 11.2 Å². The van der Waals surface area contributed by atoms with Crippen LogP contribution in [0.5, 0.6) is 17.2 Å². The van der Waals surface area contributed by atoms with Crippen LogP contribution in [0.3, 0.4) is 0 Å². The van der Waals surface area contributed by atoms with E-state index in [2.05, 4.69) is 17.4 Å². The van der Waals surface area contributed by atoms with Crippen LogP contribution in [0.4, 0.5) is 0 Å². The molecule has 0 heterocycles. The highest BCUT2D eigenvalue weighted by Crippen LogP contribution is 2.40. The first-order valence-corrected chi connectivity index (χ1v) is 9.03. The standard InChI is InChI=1S/C22H25NO4/c1-25-19-13-11-16(21(26-2)22(19)27-3)12-14-20(24)23-18-10-6-8-15-7-4-5-9-17(15)18/h4-5,7,9,11-14,18H,6,8,10H2,1-3H3,(H,23,24)/b14-12+/t18-/m1/s1. The maximum Gasteiger partial charge on any atom is 0.244 e. The molecule has 0 unspecified atom stereocenters. The molecular formula is C22H25NO4. The molecule has 1 atom stereocenters. The van der Waals surface area contributed by atoms with Crippen molar-refractivity contribution in [2.24, 2.45) is 0 Å². The molecule has 0 bridgehead atoms. The topological polar surface area (TPSA) is 56.8 Å². The second-order valence-electron chi connectivity index (χ2n) is 6.41. The molecule has 2 aromatic rings. The molecule has 0 aliphatic heterocycles. The van der Waals surface area contributed by atoms with Crippen molar-refractivity contribution in [1.82, 2.24) is 5.32 Å². The molecule has 0 spiro atoms. The van der Waals surface area contributed by atoms with E-state index in [9.17, 15) is 4.79 Å². The van der Waals surface area contributed by atoms with Crippen LogP contribution in [-0.4, -0.2) is 27.2 Å². The van der Waals surface area contributed by atoms with Gasteiger partial charge in [0.05, 0.1) is 27.4 Å². The molecule has 27 heavy (non-hydrogen) atoms. The predicted molar refractivity (Wildman–Crippen MR) is 105 cm³/mol. The SMILES string of the molecule is COc1ccc(/C=C/C(=O)N[C@@H]2CCCc3ccccc32)c(OC)c1OC. The first kappa shape index (κ1) is 18.8. The zero-order valence-corrected chi connectivity index (χ0v) is 16.0. The highest BCUT2D eigenvalue weighted by Gasteiger charge is 2.20. The zero-order valence-electron chi connectivity index (χ0n) is 16.0. The monoisotopic (exact) mass is 367 g/mol. The van der Waals surface area contributed by atoms with Gasteiger partial charge in [0.25, 0.3) is 0 Å². The van der Waals surface area contributed by atoms with Crippen molar-refractivity contribution in [2.75, 3.05) is 21.3 Å². The summed E-state index contributed by atoms with van der Waals surface area (Å²) >= 11 is 0. The number of benzene rings is 2. The third-order valence-electron chi connectivity index (χ3n) is 4.83. The molecule has 142 valence electrons. The van der Waals surface area contributed by atoms with Crippen molar-refractivity contribution in [3.63, 3.8) is 0 Å². The van der Waals surface area contributed by atoms with Gasteiger partial charge >= 0.3 is 0 Å². The van der Waals surface area contributed by atoms with E-state index < -0.39 is 0 Å². The lowest BCUT2D eigenvalue weighted by Crippen LogP contribution is -2.29. The molecule has 5 heteroatoms. The highest BCUT2D eigenvalue weighted by atomic mass is 16.5. The normalized spacial score (nSPS) is 15.9.